The molecule has 3 rings (SSSR count). The third kappa shape index (κ3) is 6.34. The van der Waals surface area contributed by atoms with Gasteiger partial charge >= 0.3 is 12.4 Å². The number of amides is 2. The van der Waals surface area contributed by atoms with Crippen molar-refractivity contribution in [2.45, 2.75) is 39.5 Å². The molecule has 1 aliphatic heterocycles. The number of rotatable bonds is 7. The van der Waals surface area contributed by atoms with Crippen LogP contribution in [0.1, 0.15) is 29.2 Å². The number of para-hydroxylation sites is 1. The number of benzene rings is 2. The summed E-state index contributed by atoms with van der Waals surface area (Å²) in [4.78, 5) is 29.6. The molecule has 0 aliphatic carbocycles. The van der Waals surface area contributed by atoms with Crippen molar-refractivity contribution in [2.24, 2.45) is 11.3 Å². The van der Waals surface area contributed by atoms with Crippen LogP contribution in [0.25, 0.3) is 0 Å². The Morgan fingerprint density at radius 3 is 2.03 bits per heavy atom. The number of aryl methyl sites for hydroxylation is 2. The Bertz CT molecular complexity index is 1190. The Hall–Kier alpha value is -3.22. The normalized spacial score (nSPS) is 20.3. The van der Waals surface area contributed by atoms with E-state index in [1.54, 1.807) is 32.0 Å². The van der Waals surface area contributed by atoms with Crippen molar-refractivity contribution in [1.29, 1.82) is 0 Å². The van der Waals surface area contributed by atoms with Gasteiger partial charge in [0.05, 0.1) is 29.0 Å². The van der Waals surface area contributed by atoms with Gasteiger partial charge in [0.25, 0.3) is 6.43 Å². The van der Waals surface area contributed by atoms with Crippen LogP contribution < -0.4 is 10.2 Å². The van der Waals surface area contributed by atoms with Gasteiger partial charge in [-0.05, 0) is 50.2 Å². The summed E-state index contributed by atoms with van der Waals surface area (Å²) in [5.41, 5.74) is -4.00. The van der Waals surface area contributed by atoms with E-state index in [4.69, 9.17) is 0 Å². The maximum absolute atomic E-state index is 13.7. The van der Waals surface area contributed by atoms with E-state index in [0.29, 0.717) is 28.9 Å². The van der Waals surface area contributed by atoms with Crippen molar-refractivity contribution in [3.8, 4) is 0 Å². The van der Waals surface area contributed by atoms with Crippen LogP contribution in [0.4, 0.5) is 46.5 Å². The van der Waals surface area contributed by atoms with E-state index in [2.05, 4.69) is 5.32 Å². The van der Waals surface area contributed by atoms with E-state index in [9.17, 15) is 44.7 Å². The Morgan fingerprint density at radius 2 is 1.56 bits per heavy atom. The molecule has 1 N–H and O–H groups in total. The van der Waals surface area contributed by atoms with Crippen molar-refractivity contribution in [3.63, 3.8) is 0 Å². The van der Waals surface area contributed by atoms with Gasteiger partial charge in [-0.15, -0.1) is 0 Å². The zero-order chi connectivity index (χ0) is 29.5. The molecule has 1 fully saturated rings. The van der Waals surface area contributed by atoms with E-state index >= 15 is 0 Å². The van der Waals surface area contributed by atoms with Crippen LogP contribution in [0, 0.1) is 25.2 Å². The monoisotopic (exact) mass is 565 g/mol. The Morgan fingerprint density at radius 1 is 1.05 bits per heavy atom. The highest BCUT2D eigenvalue weighted by atomic mass is 19.4. The highest BCUT2D eigenvalue weighted by molar-refractivity contribution is 6.08. The third-order valence-electron chi connectivity index (χ3n) is 6.91. The molecule has 2 aromatic rings. The maximum Gasteiger partial charge on any atom is 0.416 e. The first kappa shape index (κ1) is 30.3. The molecule has 0 radical (unpaired) electrons. The topological polar surface area (TPSA) is 52.6 Å². The zero-order valence-corrected chi connectivity index (χ0v) is 21.5. The summed E-state index contributed by atoms with van der Waals surface area (Å²) in [5.74, 6) is -2.75. The lowest BCUT2D eigenvalue weighted by Gasteiger charge is -2.34. The molecule has 0 aromatic heterocycles. The average molecular weight is 566 g/mol. The molecule has 13 heteroatoms. The van der Waals surface area contributed by atoms with Gasteiger partial charge in [-0.2, -0.15) is 26.3 Å². The molecule has 5 nitrogen and oxygen atoms in total. The van der Waals surface area contributed by atoms with Gasteiger partial charge in [0.15, 0.2) is 0 Å². The van der Waals surface area contributed by atoms with Crippen molar-refractivity contribution in [2.75, 3.05) is 36.9 Å². The van der Waals surface area contributed by atoms with Crippen LogP contribution in [-0.4, -0.2) is 49.8 Å². The Kier molecular flexibility index (Phi) is 8.35. The molecule has 0 saturated carbocycles. The molecule has 1 saturated heterocycles. The molecule has 1 aliphatic rings. The lowest BCUT2D eigenvalue weighted by molar-refractivity contribution is -0.143. The predicted octanol–water partition coefficient (Wildman–Crippen LogP) is 6.15. The number of hydrogen-bond acceptors (Lipinski definition) is 3. The smallest absolute Gasteiger partial charge is 0.325 e. The number of carbonyl (C=O) groups is 2. The largest absolute Gasteiger partial charge is 0.416 e. The molecule has 39 heavy (non-hydrogen) atoms. The van der Waals surface area contributed by atoms with Gasteiger partial charge in [-0.1, -0.05) is 25.1 Å². The second-order valence-electron chi connectivity index (χ2n) is 9.88. The van der Waals surface area contributed by atoms with Crippen molar-refractivity contribution < 1.29 is 44.7 Å². The number of alkyl halides is 8. The van der Waals surface area contributed by atoms with E-state index in [-0.39, 0.29) is 12.6 Å². The standard InChI is InChI=1S/C26H27F8N3O2/c1-14-6-5-7-15(2)21(14)37-13-24(16(3)22(37)38,12-36(4)11-20(27)28)23(39)35-19-9-17(25(29,30)31)8-18(10-19)26(32,33)34/h5-10,16,20H,11-13H2,1-4H3,(H,35,39)/t16-,24-/m1/s1. The minimum Gasteiger partial charge on any atom is -0.325 e. The predicted molar refractivity (Wildman–Crippen MR) is 128 cm³/mol. The number of anilines is 2. The fourth-order valence-corrected chi connectivity index (χ4v) is 4.98. The number of hydrogen-bond donors (Lipinski definition) is 1. The van der Waals surface area contributed by atoms with Crippen LogP contribution in [0.5, 0.6) is 0 Å². The Balaban J connectivity index is 2.10. The summed E-state index contributed by atoms with van der Waals surface area (Å²) in [6.07, 6.45) is -13.1. The molecular formula is C26H27F8N3O2. The number of carbonyl (C=O) groups excluding carboxylic acids is 2. The van der Waals surface area contributed by atoms with Gasteiger partial charge in [-0.25, -0.2) is 8.78 Å². The fraction of sp³-hybridized carbons (Fsp3) is 0.462. The maximum atomic E-state index is 13.7. The van der Waals surface area contributed by atoms with Crippen LogP contribution >= 0.6 is 0 Å². The summed E-state index contributed by atoms with van der Waals surface area (Å²) in [6, 6.07) is 5.84. The molecule has 2 atom stereocenters. The minimum atomic E-state index is -5.15. The lowest BCUT2D eigenvalue weighted by Crippen LogP contribution is -2.50. The van der Waals surface area contributed by atoms with Crippen molar-refractivity contribution >= 4 is 23.2 Å². The second-order valence-corrected chi connectivity index (χ2v) is 9.88. The molecule has 1 heterocycles. The highest BCUT2D eigenvalue weighted by Crippen LogP contribution is 2.44. The fourth-order valence-electron chi connectivity index (χ4n) is 4.98. The Labute approximate surface area is 219 Å². The van der Waals surface area contributed by atoms with E-state index < -0.39 is 71.8 Å². The van der Waals surface area contributed by atoms with Gasteiger partial charge in [0, 0.05) is 24.5 Å². The summed E-state index contributed by atoms with van der Waals surface area (Å²) >= 11 is 0. The lowest BCUT2D eigenvalue weighted by atomic mass is 9.77. The first-order valence-electron chi connectivity index (χ1n) is 11.8. The molecule has 2 aromatic carbocycles. The van der Waals surface area contributed by atoms with Crippen LogP contribution in [0.2, 0.25) is 0 Å². The summed E-state index contributed by atoms with van der Waals surface area (Å²) < 4.78 is 106. The molecule has 0 unspecified atom stereocenters. The highest BCUT2D eigenvalue weighted by Gasteiger charge is 2.56. The van der Waals surface area contributed by atoms with Gasteiger partial charge < -0.3 is 10.2 Å². The molecule has 0 bridgehead atoms. The van der Waals surface area contributed by atoms with Crippen LogP contribution in [0.15, 0.2) is 36.4 Å². The van der Waals surface area contributed by atoms with Crippen molar-refractivity contribution in [3.05, 3.63) is 58.7 Å². The van der Waals surface area contributed by atoms with Crippen LogP contribution in [-0.2, 0) is 21.9 Å². The van der Waals surface area contributed by atoms with Crippen molar-refractivity contribution in [1.82, 2.24) is 4.90 Å². The number of nitrogens with zero attached hydrogens (tertiary/aromatic N) is 2. The number of halogens is 8. The summed E-state index contributed by atoms with van der Waals surface area (Å²) in [6.45, 7) is 3.32. The molecule has 214 valence electrons. The average Bonchev–Trinajstić information content (AvgIpc) is 3.03. The number of nitrogens with one attached hydrogen (secondary N) is 1. The van der Waals surface area contributed by atoms with Gasteiger partial charge in [-0.3, -0.25) is 14.5 Å². The van der Waals surface area contributed by atoms with E-state index in [1.807, 2.05) is 0 Å². The molecule has 0 spiro atoms. The molecule has 2 amide bonds. The third-order valence-corrected chi connectivity index (χ3v) is 6.91. The zero-order valence-electron chi connectivity index (χ0n) is 21.5. The first-order valence-corrected chi connectivity index (χ1v) is 11.8. The van der Waals surface area contributed by atoms with Crippen LogP contribution in [0.3, 0.4) is 0 Å². The second kappa shape index (κ2) is 10.7. The van der Waals surface area contributed by atoms with Gasteiger partial charge in [0.2, 0.25) is 11.8 Å². The first-order chi connectivity index (χ1) is 17.9. The molecular weight excluding hydrogens is 538 g/mol. The van der Waals surface area contributed by atoms with E-state index in [0.717, 1.165) is 4.90 Å². The summed E-state index contributed by atoms with van der Waals surface area (Å²) in [7, 11) is 1.28. The van der Waals surface area contributed by atoms with E-state index in [1.165, 1.54) is 18.9 Å². The minimum absolute atomic E-state index is 0.0771. The SMILES string of the molecule is Cc1cccc(C)c1N1C[C@@](CN(C)CC(F)F)(C(=O)Nc2cc(C(F)(F)F)cc(C(F)(F)F)c2)[C@H](C)C1=O. The van der Waals surface area contributed by atoms with Gasteiger partial charge in [0.1, 0.15) is 0 Å². The quantitative estimate of drug-likeness (QED) is 0.410. The summed E-state index contributed by atoms with van der Waals surface area (Å²) in [5, 5.41) is 2.13.